The fourth-order valence-electron chi connectivity index (χ4n) is 1.98. The number of H-pyrrole nitrogens is 1. The minimum atomic E-state index is 0.389. The Bertz CT molecular complexity index is 256. The molecule has 1 aromatic heterocycles. The third-order valence-corrected chi connectivity index (χ3v) is 3.04. The Hall–Kier alpha value is -0.830. The molecule has 0 aromatic carbocycles. The lowest BCUT2D eigenvalue weighted by atomic mass is 10.1. The molecular formula is C13H25N3. The lowest BCUT2D eigenvalue weighted by molar-refractivity contribution is 0.438. The van der Waals surface area contributed by atoms with Crippen LogP contribution >= 0.6 is 0 Å². The molecule has 2 N–H and O–H groups in total. The van der Waals surface area contributed by atoms with Gasteiger partial charge in [0.1, 0.15) is 0 Å². The Labute approximate surface area is 99.0 Å². The molecule has 3 nitrogen and oxygen atoms in total. The van der Waals surface area contributed by atoms with Crippen molar-refractivity contribution >= 4 is 0 Å². The van der Waals surface area contributed by atoms with Crippen molar-refractivity contribution < 1.29 is 0 Å². The molecule has 0 aliphatic heterocycles. The first-order valence-electron chi connectivity index (χ1n) is 6.48. The van der Waals surface area contributed by atoms with Crippen LogP contribution in [0.5, 0.6) is 0 Å². The average molecular weight is 223 g/mol. The van der Waals surface area contributed by atoms with Gasteiger partial charge in [-0.3, -0.25) is 5.10 Å². The van der Waals surface area contributed by atoms with Crippen molar-refractivity contribution in [1.29, 1.82) is 0 Å². The van der Waals surface area contributed by atoms with Gasteiger partial charge in [0.15, 0.2) is 0 Å². The second kappa shape index (κ2) is 7.44. The van der Waals surface area contributed by atoms with Gasteiger partial charge in [-0.05, 0) is 20.3 Å². The number of aromatic nitrogens is 2. The van der Waals surface area contributed by atoms with Gasteiger partial charge >= 0.3 is 0 Å². The summed E-state index contributed by atoms with van der Waals surface area (Å²) in [5, 5.41) is 10.4. The highest BCUT2D eigenvalue weighted by atomic mass is 15.1. The van der Waals surface area contributed by atoms with Crippen molar-refractivity contribution in [3.63, 3.8) is 0 Å². The lowest BCUT2D eigenvalue weighted by Crippen LogP contribution is -2.28. The lowest BCUT2D eigenvalue weighted by Gasteiger charge is -2.18. The summed E-state index contributed by atoms with van der Waals surface area (Å²) in [6.45, 7) is 6.71. The van der Waals surface area contributed by atoms with Crippen molar-refractivity contribution in [3.8, 4) is 0 Å². The maximum atomic E-state index is 3.97. The number of nitrogens with one attached hydrogen (secondary N) is 2. The zero-order valence-corrected chi connectivity index (χ0v) is 10.8. The maximum absolute atomic E-state index is 3.97. The van der Waals surface area contributed by atoms with Gasteiger partial charge in [0.25, 0.3) is 0 Å². The number of rotatable bonds is 8. The molecule has 0 aliphatic rings. The molecule has 0 amide bonds. The van der Waals surface area contributed by atoms with Gasteiger partial charge in [-0.1, -0.05) is 32.6 Å². The van der Waals surface area contributed by atoms with Gasteiger partial charge in [-0.2, -0.15) is 5.10 Å². The van der Waals surface area contributed by atoms with Crippen molar-refractivity contribution in [2.75, 3.05) is 0 Å². The van der Waals surface area contributed by atoms with Crippen LogP contribution in [0, 0.1) is 0 Å². The number of nitrogens with zero attached hydrogens (tertiary/aromatic N) is 1. The third kappa shape index (κ3) is 4.79. The summed E-state index contributed by atoms with van der Waals surface area (Å²) in [7, 11) is 0. The first-order chi connectivity index (χ1) is 7.74. The van der Waals surface area contributed by atoms with E-state index in [0.29, 0.717) is 12.1 Å². The molecular weight excluding hydrogens is 198 g/mol. The van der Waals surface area contributed by atoms with E-state index >= 15 is 0 Å². The monoisotopic (exact) mass is 223 g/mol. The van der Waals surface area contributed by atoms with Crippen molar-refractivity contribution in [1.82, 2.24) is 15.5 Å². The highest BCUT2D eigenvalue weighted by Gasteiger charge is 2.09. The second-order valence-corrected chi connectivity index (χ2v) is 4.67. The summed E-state index contributed by atoms with van der Waals surface area (Å²) in [4.78, 5) is 0. The van der Waals surface area contributed by atoms with Crippen molar-refractivity contribution in [2.24, 2.45) is 0 Å². The van der Waals surface area contributed by atoms with E-state index < -0.39 is 0 Å². The Morgan fingerprint density at radius 3 is 2.75 bits per heavy atom. The number of hydrogen-bond donors (Lipinski definition) is 2. The number of unbranched alkanes of at least 4 members (excludes halogenated alkanes) is 3. The first kappa shape index (κ1) is 13.2. The molecule has 0 bridgehead atoms. The van der Waals surface area contributed by atoms with Gasteiger partial charge in [-0.15, -0.1) is 0 Å². The SMILES string of the molecule is CCCCCC[C@@H](C)N[C@H](C)c1cn[nH]c1. The van der Waals surface area contributed by atoms with Crippen LogP contribution in [0.25, 0.3) is 0 Å². The molecule has 0 saturated heterocycles. The fraction of sp³-hybridized carbons (Fsp3) is 0.769. The molecule has 0 unspecified atom stereocenters. The summed E-state index contributed by atoms with van der Waals surface area (Å²) in [6.07, 6.45) is 10.5. The summed E-state index contributed by atoms with van der Waals surface area (Å²) >= 11 is 0. The molecule has 0 saturated carbocycles. The third-order valence-electron chi connectivity index (χ3n) is 3.04. The largest absolute Gasteiger partial charge is 0.308 e. The molecule has 1 rings (SSSR count). The Morgan fingerprint density at radius 2 is 2.12 bits per heavy atom. The van der Waals surface area contributed by atoms with Gasteiger partial charge in [-0.25, -0.2) is 0 Å². The zero-order chi connectivity index (χ0) is 11.8. The molecule has 3 heteroatoms. The van der Waals surface area contributed by atoms with Gasteiger partial charge in [0.2, 0.25) is 0 Å². The first-order valence-corrected chi connectivity index (χ1v) is 6.48. The van der Waals surface area contributed by atoms with Crippen LogP contribution in [0.15, 0.2) is 12.4 Å². The highest BCUT2D eigenvalue weighted by molar-refractivity contribution is 5.08. The molecule has 0 fully saturated rings. The second-order valence-electron chi connectivity index (χ2n) is 4.67. The fourth-order valence-corrected chi connectivity index (χ4v) is 1.98. The van der Waals surface area contributed by atoms with Crippen LogP contribution in [0.2, 0.25) is 0 Å². The molecule has 0 spiro atoms. The molecule has 92 valence electrons. The van der Waals surface area contributed by atoms with Crippen LogP contribution in [0.3, 0.4) is 0 Å². The van der Waals surface area contributed by atoms with E-state index in [2.05, 4.69) is 36.3 Å². The van der Waals surface area contributed by atoms with Gasteiger partial charge < -0.3 is 5.32 Å². The number of aromatic amines is 1. The zero-order valence-electron chi connectivity index (χ0n) is 10.8. The van der Waals surface area contributed by atoms with E-state index in [0.717, 1.165) is 0 Å². The normalized spacial score (nSPS) is 14.9. The standard InChI is InChI=1S/C13H25N3/c1-4-5-6-7-8-11(2)16-12(3)13-9-14-15-10-13/h9-12,16H,4-8H2,1-3H3,(H,14,15)/t11-,12-/m1/s1. The summed E-state index contributed by atoms with van der Waals surface area (Å²) in [5.74, 6) is 0. The summed E-state index contributed by atoms with van der Waals surface area (Å²) < 4.78 is 0. The van der Waals surface area contributed by atoms with Crippen LogP contribution in [-0.2, 0) is 0 Å². The van der Waals surface area contributed by atoms with Gasteiger partial charge in [0, 0.05) is 23.8 Å². The summed E-state index contributed by atoms with van der Waals surface area (Å²) in [6, 6.07) is 0.974. The minimum absolute atomic E-state index is 0.389. The predicted molar refractivity (Wildman–Crippen MR) is 68.4 cm³/mol. The Kier molecular flexibility index (Phi) is 6.16. The number of hydrogen-bond acceptors (Lipinski definition) is 2. The minimum Gasteiger partial charge on any atom is -0.308 e. The molecule has 2 atom stereocenters. The van der Waals surface area contributed by atoms with E-state index in [1.54, 1.807) is 0 Å². The van der Waals surface area contributed by atoms with E-state index in [4.69, 9.17) is 0 Å². The quantitative estimate of drug-likeness (QED) is 0.663. The van der Waals surface area contributed by atoms with E-state index in [1.807, 2.05) is 12.4 Å². The highest BCUT2D eigenvalue weighted by Crippen LogP contribution is 2.12. The predicted octanol–water partition coefficient (Wildman–Crippen LogP) is 3.42. The average Bonchev–Trinajstić information content (AvgIpc) is 2.77. The summed E-state index contributed by atoms with van der Waals surface area (Å²) in [5.41, 5.74) is 1.24. The van der Waals surface area contributed by atoms with Crippen molar-refractivity contribution in [2.45, 2.75) is 65.0 Å². The Balaban J connectivity index is 2.16. The molecule has 16 heavy (non-hydrogen) atoms. The van der Waals surface area contributed by atoms with Gasteiger partial charge in [0.05, 0.1) is 6.20 Å². The topological polar surface area (TPSA) is 40.7 Å². The van der Waals surface area contributed by atoms with Crippen LogP contribution < -0.4 is 5.32 Å². The van der Waals surface area contributed by atoms with E-state index in [9.17, 15) is 0 Å². The molecule has 1 aromatic rings. The van der Waals surface area contributed by atoms with Crippen molar-refractivity contribution in [3.05, 3.63) is 18.0 Å². The van der Waals surface area contributed by atoms with E-state index in [-0.39, 0.29) is 0 Å². The Morgan fingerprint density at radius 1 is 1.31 bits per heavy atom. The van der Waals surface area contributed by atoms with Crippen LogP contribution in [0.1, 0.15) is 64.5 Å². The maximum Gasteiger partial charge on any atom is 0.0534 e. The molecule has 0 radical (unpaired) electrons. The van der Waals surface area contributed by atoms with Crippen LogP contribution in [0.4, 0.5) is 0 Å². The van der Waals surface area contributed by atoms with E-state index in [1.165, 1.54) is 37.7 Å². The smallest absolute Gasteiger partial charge is 0.0534 e. The molecule has 0 aliphatic carbocycles. The van der Waals surface area contributed by atoms with Crippen LogP contribution in [-0.4, -0.2) is 16.2 Å². The molecule has 1 heterocycles.